The molecule has 0 aliphatic rings. The normalized spacial score (nSPS) is 11.8. The number of nitrogens with one attached hydrogen (secondary N) is 1. The van der Waals surface area contributed by atoms with E-state index >= 15 is 0 Å². The zero-order valence-electron chi connectivity index (χ0n) is 11.0. The Bertz CT molecular complexity index is 714. The number of hydrogen-bond donors (Lipinski definition) is 2. The predicted molar refractivity (Wildman–Crippen MR) is 85.2 cm³/mol. The van der Waals surface area contributed by atoms with Gasteiger partial charge in [0.1, 0.15) is 10.7 Å². The van der Waals surface area contributed by atoms with Crippen LogP contribution in [0.2, 0.25) is 0 Å². The minimum atomic E-state index is -3.57. The fourth-order valence-electron chi connectivity index (χ4n) is 1.74. The van der Waals surface area contributed by atoms with Gasteiger partial charge < -0.3 is 5.73 Å². The van der Waals surface area contributed by atoms with Gasteiger partial charge in [-0.2, -0.15) is 0 Å². The first-order valence-electron chi connectivity index (χ1n) is 6.15. The maximum atomic E-state index is 12.8. The monoisotopic (exact) mass is 392 g/mol. The molecule has 0 spiro atoms. The van der Waals surface area contributed by atoms with E-state index in [0.29, 0.717) is 16.8 Å². The molecule has 2 aromatic rings. The third-order valence-corrected chi connectivity index (χ3v) is 6.55. The van der Waals surface area contributed by atoms with Crippen LogP contribution >= 0.6 is 27.3 Å². The van der Waals surface area contributed by atoms with E-state index in [1.54, 1.807) is 18.2 Å². The molecule has 3 N–H and O–H groups in total. The number of thiophene rings is 1. The van der Waals surface area contributed by atoms with E-state index in [-0.39, 0.29) is 17.3 Å². The lowest BCUT2D eigenvalue weighted by Crippen LogP contribution is -2.25. The van der Waals surface area contributed by atoms with Crippen molar-refractivity contribution in [3.63, 3.8) is 0 Å². The molecule has 0 unspecified atom stereocenters. The summed E-state index contributed by atoms with van der Waals surface area (Å²) in [5, 5.41) is 0. The summed E-state index contributed by atoms with van der Waals surface area (Å²) in [7, 11) is -3.57. The highest BCUT2D eigenvalue weighted by atomic mass is 79.9. The first-order chi connectivity index (χ1) is 9.92. The van der Waals surface area contributed by atoms with Crippen LogP contribution in [0.25, 0.3) is 0 Å². The third-order valence-electron chi connectivity index (χ3n) is 2.82. The topological polar surface area (TPSA) is 72.2 Å². The molecule has 8 heteroatoms. The summed E-state index contributed by atoms with van der Waals surface area (Å²) in [6.45, 7) is 0.544. The summed E-state index contributed by atoms with van der Waals surface area (Å²) in [4.78, 5) is 0.993. The Kier molecular flexibility index (Phi) is 5.50. The highest BCUT2D eigenvalue weighted by molar-refractivity contribution is 9.11. The van der Waals surface area contributed by atoms with Gasteiger partial charge in [-0.15, -0.1) is 11.3 Å². The molecule has 1 heterocycles. The van der Waals surface area contributed by atoms with Gasteiger partial charge in [-0.3, -0.25) is 0 Å². The summed E-state index contributed by atoms with van der Waals surface area (Å²) >= 11 is 4.54. The summed E-state index contributed by atoms with van der Waals surface area (Å²) in [6.07, 6.45) is 0.491. The average Bonchev–Trinajstić information content (AvgIpc) is 2.83. The molecule has 0 fully saturated rings. The lowest BCUT2D eigenvalue weighted by atomic mass is 10.1. The first kappa shape index (κ1) is 16.6. The number of hydrogen-bond acceptors (Lipinski definition) is 4. The second-order valence-corrected chi connectivity index (χ2v) is 8.52. The molecule has 0 bridgehead atoms. The minimum Gasteiger partial charge on any atom is -0.326 e. The molecule has 0 saturated heterocycles. The molecule has 114 valence electrons. The Morgan fingerprint density at radius 2 is 1.95 bits per heavy atom. The van der Waals surface area contributed by atoms with Crippen LogP contribution in [-0.4, -0.2) is 15.0 Å². The van der Waals surface area contributed by atoms with E-state index in [1.165, 1.54) is 23.5 Å². The highest BCUT2D eigenvalue weighted by Gasteiger charge is 2.20. The second-order valence-electron chi connectivity index (χ2n) is 4.33. The van der Waals surface area contributed by atoms with Gasteiger partial charge in [0, 0.05) is 18.0 Å². The Labute approximate surface area is 135 Å². The van der Waals surface area contributed by atoms with Crippen molar-refractivity contribution in [2.45, 2.75) is 17.9 Å². The Balaban J connectivity index is 2.01. The van der Waals surface area contributed by atoms with Crippen molar-refractivity contribution in [2.75, 3.05) is 6.54 Å². The lowest BCUT2D eigenvalue weighted by molar-refractivity contribution is 0.581. The number of nitrogens with two attached hydrogens (primary N) is 1. The van der Waals surface area contributed by atoms with Crippen molar-refractivity contribution in [3.05, 3.63) is 50.4 Å². The van der Waals surface area contributed by atoms with Crippen molar-refractivity contribution in [3.8, 4) is 0 Å². The molecule has 0 saturated carbocycles. The SMILES string of the molecule is NCc1cc(S(=O)(=O)NCCc2ccc(F)cc2)c(Br)s1. The molecule has 1 aromatic heterocycles. The Morgan fingerprint density at radius 3 is 2.52 bits per heavy atom. The molecule has 0 amide bonds. The zero-order chi connectivity index (χ0) is 15.5. The largest absolute Gasteiger partial charge is 0.326 e. The summed E-state index contributed by atoms with van der Waals surface area (Å²) in [5.41, 5.74) is 6.37. The van der Waals surface area contributed by atoms with Crippen molar-refractivity contribution in [1.82, 2.24) is 4.72 Å². The van der Waals surface area contributed by atoms with E-state index in [1.807, 2.05) is 0 Å². The molecule has 0 radical (unpaired) electrons. The highest BCUT2D eigenvalue weighted by Crippen LogP contribution is 2.31. The molecule has 0 aliphatic heterocycles. The molecule has 1 aromatic carbocycles. The lowest BCUT2D eigenvalue weighted by Gasteiger charge is -2.06. The van der Waals surface area contributed by atoms with Crippen LogP contribution in [0.15, 0.2) is 39.0 Å². The van der Waals surface area contributed by atoms with Gasteiger partial charge in [0.25, 0.3) is 0 Å². The van der Waals surface area contributed by atoms with Gasteiger partial charge in [0.05, 0.1) is 3.79 Å². The summed E-state index contributed by atoms with van der Waals surface area (Å²) < 4.78 is 40.2. The summed E-state index contributed by atoms with van der Waals surface area (Å²) in [6, 6.07) is 7.54. The fraction of sp³-hybridized carbons (Fsp3) is 0.231. The van der Waals surface area contributed by atoms with Gasteiger partial charge in [0.2, 0.25) is 10.0 Å². The maximum absolute atomic E-state index is 12.8. The second kappa shape index (κ2) is 6.97. The third kappa shape index (κ3) is 4.33. The van der Waals surface area contributed by atoms with Crippen LogP contribution in [-0.2, 0) is 23.0 Å². The molecular weight excluding hydrogens is 379 g/mol. The minimum absolute atomic E-state index is 0.201. The van der Waals surface area contributed by atoms with Gasteiger partial charge >= 0.3 is 0 Å². The molecule has 0 aliphatic carbocycles. The number of rotatable bonds is 6. The zero-order valence-corrected chi connectivity index (χ0v) is 14.2. The van der Waals surface area contributed by atoms with Crippen LogP contribution in [0.3, 0.4) is 0 Å². The van der Waals surface area contributed by atoms with Crippen LogP contribution < -0.4 is 10.5 Å². The maximum Gasteiger partial charge on any atom is 0.242 e. The number of benzene rings is 1. The first-order valence-corrected chi connectivity index (χ1v) is 9.24. The van der Waals surface area contributed by atoms with Gasteiger partial charge in [-0.1, -0.05) is 12.1 Å². The Morgan fingerprint density at radius 1 is 1.29 bits per heavy atom. The molecule has 4 nitrogen and oxygen atoms in total. The van der Waals surface area contributed by atoms with Gasteiger partial charge in [0.15, 0.2) is 0 Å². The molecular formula is C13H14BrFN2O2S2. The van der Waals surface area contributed by atoms with E-state index < -0.39 is 10.0 Å². The van der Waals surface area contributed by atoms with Crippen LogP contribution in [0.1, 0.15) is 10.4 Å². The number of sulfonamides is 1. The van der Waals surface area contributed by atoms with Crippen molar-refractivity contribution >= 4 is 37.3 Å². The molecule has 21 heavy (non-hydrogen) atoms. The van der Waals surface area contributed by atoms with Crippen LogP contribution in [0.5, 0.6) is 0 Å². The van der Waals surface area contributed by atoms with Gasteiger partial charge in [-0.05, 0) is 46.1 Å². The smallest absolute Gasteiger partial charge is 0.242 e. The van der Waals surface area contributed by atoms with Crippen LogP contribution in [0.4, 0.5) is 4.39 Å². The van der Waals surface area contributed by atoms with Crippen molar-refractivity contribution < 1.29 is 12.8 Å². The summed E-state index contributed by atoms with van der Waals surface area (Å²) in [5.74, 6) is -0.309. The average molecular weight is 393 g/mol. The standard InChI is InChI=1S/C13H14BrFN2O2S2/c14-13-12(7-11(8-16)20-13)21(18,19)17-6-5-9-1-3-10(15)4-2-9/h1-4,7,17H,5-6,8,16H2. The molecule has 0 atom stereocenters. The van der Waals surface area contributed by atoms with Crippen molar-refractivity contribution in [2.24, 2.45) is 5.73 Å². The fourth-order valence-corrected chi connectivity index (χ4v) is 5.33. The number of halogens is 2. The quantitative estimate of drug-likeness (QED) is 0.793. The van der Waals surface area contributed by atoms with Crippen molar-refractivity contribution in [1.29, 1.82) is 0 Å². The van der Waals surface area contributed by atoms with E-state index in [0.717, 1.165) is 10.4 Å². The predicted octanol–water partition coefficient (Wildman–Crippen LogP) is 2.63. The van der Waals surface area contributed by atoms with Crippen LogP contribution in [0, 0.1) is 5.82 Å². The molecule has 2 rings (SSSR count). The van der Waals surface area contributed by atoms with E-state index in [4.69, 9.17) is 5.73 Å². The van der Waals surface area contributed by atoms with E-state index in [2.05, 4.69) is 20.7 Å². The van der Waals surface area contributed by atoms with Gasteiger partial charge in [-0.25, -0.2) is 17.5 Å². The van der Waals surface area contributed by atoms with E-state index in [9.17, 15) is 12.8 Å². The Hall–Kier alpha value is -0.800.